The largest absolute Gasteiger partial charge is 0.425 e. The zero-order chi connectivity index (χ0) is 15.1. The topological polar surface area (TPSA) is 67.2 Å². The van der Waals surface area contributed by atoms with Crippen LogP contribution in [-0.2, 0) is 0 Å². The lowest BCUT2D eigenvalue weighted by molar-refractivity contribution is 0.102. The number of nitrogens with one attached hydrogen (secondary N) is 2. The molecule has 5 nitrogen and oxygen atoms in total. The summed E-state index contributed by atoms with van der Waals surface area (Å²) in [5.74, 6) is 2.30. The van der Waals surface area contributed by atoms with Crippen molar-refractivity contribution < 1.29 is 9.21 Å². The van der Waals surface area contributed by atoms with Gasteiger partial charge in [0.25, 0.3) is 5.91 Å². The van der Waals surface area contributed by atoms with Crippen LogP contribution < -0.4 is 10.6 Å². The molecule has 0 aromatic carbocycles. The minimum Gasteiger partial charge on any atom is -0.425 e. The van der Waals surface area contributed by atoms with Crippen molar-refractivity contribution in [3.63, 3.8) is 0 Å². The van der Waals surface area contributed by atoms with Crippen LogP contribution in [0.15, 0.2) is 22.1 Å². The van der Waals surface area contributed by atoms with Gasteiger partial charge in [0, 0.05) is 18.9 Å². The van der Waals surface area contributed by atoms with Crippen LogP contribution in [0.4, 0.5) is 5.88 Å². The fraction of sp³-hybridized carbons (Fsp3) is 0.500. The number of hydrogen-bond donors (Lipinski definition) is 2. The van der Waals surface area contributed by atoms with Gasteiger partial charge in [0.15, 0.2) is 5.89 Å². The molecule has 22 heavy (non-hydrogen) atoms. The van der Waals surface area contributed by atoms with Crippen molar-refractivity contribution in [2.75, 3.05) is 11.9 Å². The Morgan fingerprint density at radius 3 is 3.09 bits per heavy atom. The van der Waals surface area contributed by atoms with Crippen LogP contribution in [0, 0.1) is 12.8 Å². The Bertz CT molecular complexity index is 689. The second-order valence-electron chi connectivity index (χ2n) is 6.24. The molecular weight excluding hydrogens is 298 g/mol. The predicted molar refractivity (Wildman–Crippen MR) is 85.4 cm³/mol. The lowest BCUT2D eigenvalue weighted by Gasteiger charge is -2.01. The van der Waals surface area contributed by atoms with Gasteiger partial charge in [0.2, 0.25) is 5.88 Å². The van der Waals surface area contributed by atoms with E-state index in [9.17, 15) is 4.79 Å². The number of nitrogens with zero attached hydrogens (tertiary/aromatic N) is 1. The third-order valence-corrected chi connectivity index (χ3v) is 5.23. The molecule has 1 amide bonds. The molecule has 0 aliphatic heterocycles. The van der Waals surface area contributed by atoms with E-state index in [2.05, 4.69) is 21.0 Å². The first kappa shape index (κ1) is 14.0. The van der Waals surface area contributed by atoms with Crippen LogP contribution in [0.25, 0.3) is 0 Å². The molecule has 0 spiro atoms. The Morgan fingerprint density at radius 2 is 2.36 bits per heavy atom. The van der Waals surface area contributed by atoms with Crippen LogP contribution in [-0.4, -0.2) is 23.5 Å². The molecule has 4 rings (SSSR count). The molecule has 2 N–H and O–H groups in total. The summed E-state index contributed by atoms with van der Waals surface area (Å²) in [5.41, 5.74) is 1.28. The molecule has 2 aliphatic rings. The second-order valence-corrected chi connectivity index (χ2v) is 7.15. The molecule has 116 valence electrons. The summed E-state index contributed by atoms with van der Waals surface area (Å²) in [6.45, 7) is 2.91. The summed E-state index contributed by atoms with van der Waals surface area (Å²) in [5, 5.41) is 8.47. The molecule has 2 saturated carbocycles. The first-order valence-electron chi connectivity index (χ1n) is 7.74. The second kappa shape index (κ2) is 5.52. The van der Waals surface area contributed by atoms with Crippen molar-refractivity contribution >= 4 is 23.1 Å². The fourth-order valence-corrected chi connectivity index (χ4v) is 3.55. The maximum Gasteiger partial charge on any atom is 0.268 e. The summed E-state index contributed by atoms with van der Waals surface area (Å²) in [6.07, 6.45) is 5.48. The number of carbonyl (C=O) groups excluding carboxylic acids is 1. The molecule has 2 heterocycles. The Balaban J connectivity index is 1.34. The van der Waals surface area contributed by atoms with Gasteiger partial charge in [0.05, 0.1) is 11.1 Å². The smallest absolute Gasteiger partial charge is 0.268 e. The monoisotopic (exact) mass is 317 g/mol. The van der Waals surface area contributed by atoms with Crippen LogP contribution in [0.1, 0.15) is 46.3 Å². The van der Waals surface area contributed by atoms with Gasteiger partial charge in [-0.1, -0.05) is 0 Å². The van der Waals surface area contributed by atoms with E-state index in [0.717, 1.165) is 17.3 Å². The van der Waals surface area contributed by atoms with Gasteiger partial charge in [-0.05, 0) is 48.7 Å². The molecule has 0 bridgehead atoms. The summed E-state index contributed by atoms with van der Waals surface area (Å²) >= 11 is 1.49. The van der Waals surface area contributed by atoms with E-state index in [-0.39, 0.29) is 5.91 Å². The number of oxazole rings is 1. The minimum absolute atomic E-state index is 0.129. The highest BCUT2D eigenvalue weighted by atomic mass is 32.1. The van der Waals surface area contributed by atoms with E-state index in [4.69, 9.17) is 4.42 Å². The van der Waals surface area contributed by atoms with Gasteiger partial charge >= 0.3 is 0 Å². The number of aryl methyl sites for hydroxylation is 1. The van der Waals surface area contributed by atoms with Crippen molar-refractivity contribution in [1.29, 1.82) is 0 Å². The zero-order valence-corrected chi connectivity index (χ0v) is 13.3. The van der Waals surface area contributed by atoms with E-state index in [1.165, 1.54) is 42.4 Å². The van der Waals surface area contributed by atoms with Crippen molar-refractivity contribution in [2.45, 2.75) is 38.1 Å². The number of carbonyl (C=O) groups is 1. The standard InChI is InChI=1S/C16H19N3O2S/c1-9-17-7-15(21-9)19-16(20)14-4-11(8-22-14)12-5-13(12)18-6-10-2-3-10/h4,7-8,10,12-13,18H,2-3,5-6H2,1H3,(H,19,20). The maximum absolute atomic E-state index is 12.2. The third kappa shape index (κ3) is 3.08. The van der Waals surface area contributed by atoms with Crippen molar-refractivity contribution in [3.8, 4) is 0 Å². The SMILES string of the molecule is Cc1ncc(NC(=O)c2cc(C3CC3NCC3CC3)cs2)o1. The van der Waals surface area contributed by atoms with E-state index in [0.29, 0.717) is 23.7 Å². The highest BCUT2D eigenvalue weighted by molar-refractivity contribution is 7.12. The molecule has 2 aromatic heterocycles. The molecule has 2 aromatic rings. The minimum atomic E-state index is -0.129. The first-order valence-corrected chi connectivity index (χ1v) is 8.62. The molecule has 2 fully saturated rings. The van der Waals surface area contributed by atoms with E-state index in [1.807, 2.05) is 6.07 Å². The van der Waals surface area contributed by atoms with Gasteiger partial charge in [-0.25, -0.2) is 4.98 Å². The van der Waals surface area contributed by atoms with Crippen LogP contribution in [0.2, 0.25) is 0 Å². The summed E-state index contributed by atoms with van der Waals surface area (Å²) < 4.78 is 5.27. The number of anilines is 1. The van der Waals surface area contributed by atoms with E-state index in [1.54, 1.807) is 6.92 Å². The lowest BCUT2D eigenvalue weighted by atomic mass is 10.2. The van der Waals surface area contributed by atoms with E-state index < -0.39 is 0 Å². The zero-order valence-electron chi connectivity index (χ0n) is 12.5. The van der Waals surface area contributed by atoms with E-state index >= 15 is 0 Å². The molecular formula is C16H19N3O2S. The van der Waals surface area contributed by atoms with Crippen LogP contribution in [0.3, 0.4) is 0 Å². The van der Waals surface area contributed by atoms with Crippen LogP contribution >= 0.6 is 11.3 Å². The summed E-state index contributed by atoms with van der Waals surface area (Å²) in [7, 11) is 0. The molecule has 2 aliphatic carbocycles. The normalized spacial score (nSPS) is 23.5. The average Bonchev–Trinajstić information content (AvgIpc) is 3.38. The number of aromatic nitrogens is 1. The molecule has 6 heteroatoms. The number of hydrogen-bond acceptors (Lipinski definition) is 5. The van der Waals surface area contributed by atoms with Crippen LogP contribution in [0.5, 0.6) is 0 Å². The van der Waals surface area contributed by atoms with Gasteiger partial charge in [-0.2, -0.15) is 0 Å². The van der Waals surface area contributed by atoms with Gasteiger partial charge in [-0.3, -0.25) is 10.1 Å². The molecule has 0 radical (unpaired) electrons. The van der Waals surface area contributed by atoms with Gasteiger partial charge in [0.1, 0.15) is 0 Å². The number of thiophene rings is 1. The maximum atomic E-state index is 12.2. The highest BCUT2D eigenvalue weighted by Gasteiger charge is 2.39. The quantitative estimate of drug-likeness (QED) is 0.859. The van der Waals surface area contributed by atoms with Gasteiger partial charge < -0.3 is 9.73 Å². The molecule has 2 atom stereocenters. The highest BCUT2D eigenvalue weighted by Crippen LogP contribution is 2.43. The molecule has 2 unspecified atom stereocenters. The average molecular weight is 317 g/mol. The first-order chi connectivity index (χ1) is 10.7. The Kier molecular flexibility index (Phi) is 3.50. The Morgan fingerprint density at radius 1 is 1.50 bits per heavy atom. The number of amides is 1. The Labute approximate surface area is 133 Å². The molecule has 0 saturated heterocycles. The van der Waals surface area contributed by atoms with Crippen molar-refractivity contribution in [1.82, 2.24) is 10.3 Å². The summed E-state index contributed by atoms with van der Waals surface area (Å²) in [4.78, 5) is 16.9. The fourth-order valence-electron chi connectivity index (χ4n) is 2.69. The third-order valence-electron chi connectivity index (χ3n) is 4.29. The Hall–Kier alpha value is -1.66. The lowest BCUT2D eigenvalue weighted by Crippen LogP contribution is -2.20. The summed E-state index contributed by atoms with van der Waals surface area (Å²) in [6, 6.07) is 2.61. The van der Waals surface area contributed by atoms with Crippen molar-refractivity contribution in [3.05, 3.63) is 34.0 Å². The van der Waals surface area contributed by atoms with Gasteiger partial charge in [-0.15, -0.1) is 11.3 Å². The number of rotatable bonds is 6. The predicted octanol–water partition coefficient (Wildman–Crippen LogP) is 3.15. The van der Waals surface area contributed by atoms with Crippen molar-refractivity contribution in [2.24, 2.45) is 5.92 Å².